The molecule has 1 aliphatic rings. The number of carbonyl (C=O) groups is 1. The van der Waals surface area contributed by atoms with Crippen LogP contribution in [0.2, 0.25) is 0 Å². The van der Waals surface area contributed by atoms with E-state index in [0.29, 0.717) is 29.2 Å². The van der Waals surface area contributed by atoms with Crippen molar-refractivity contribution in [1.82, 2.24) is 4.98 Å². The van der Waals surface area contributed by atoms with Crippen LogP contribution in [0.5, 0.6) is 0 Å². The van der Waals surface area contributed by atoms with Crippen LogP contribution in [0.3, 0.4) is 0 Å². The number of carbonyl (C=O) groups excluding carboxylic acids is 1. The van der Waals surface area contributed by atoms with E-state index in [1.165, 1.54) is 11.3 Å². The smallest absolute Gasteiger partial charge is 0.188 e. The van der Waals surface area contributed by atoms with Crippen molar-refractivity contribution in [3.05, 3.63) is 59.6 Å². The van der Waals surface area contributed by atoms with Crippen LogP contribution in [0.15, 0.2) is 59.5 Å². The first-order valence-electron chi connectivity index (χ1n) is 8.22. The molecule has 4 nitrogen and oxygen atoms in total. The number of sulfone groups is 1. The Morgan fingerprint density at radius 3 is 2.44 bits per heavy atom. The Balaban J connectivity index is 1.86. The fourth-order valence-electron chi connectivity index (χ4n) is 3.46. The lowest BCUT2D eigenvalue weighted by Crippen LogP contribution is -2.21. The van der Waals surface area contributed by atoms with E-state index in [9.17, 15) is 13.2 Å². The van der Waals surface area contributed by atoms with Gasteiger partial charge in [0.05, 0.1) is 15.1 Å². The summed E-state index contributed by atoms with van der Waals surface area (Å²) < 4.78 is 27.7. The molecule has 2 unspecified atom stereocenters. The molecule has 0 radical (unpaired) electrons. The number of hydrogen-bond acceptors (Lipinski definition) is 5. The Labute approximate surface area is 150 Å². The van der Waals surface area contributed by atoms with Crippen LogP contribution in [0.1, 0.15) is 29.5 Å². The predicted molar refractivity (Wildman–Crippen MR) is 98.3 cm³/mol. The van der Waals surface area contributed by atoms with Crippen molar-refractivity contribution in [2.24, 2.45) is 5.92 Å². The third kappa shape index (κ3) is 3.00. The lowest BCUT2D eigenvalue weighted by atomic mass is 10.0. The van der Waals surface area contributed by atoms with Crippen molar-refractivity contribution in [3.63, 3.8) is 0 Å². The van der Waals surface area contributed by atoms with Gasteiger partial charge in [0.15, 0.2) is 9.84 Å². The summed E-state index contributed by atoms with van der Waals surface area (Å²) in [5.74, 6) is -0.0716. The van der Waals surface area contributed by atoms with Crippen molar-refractivity contribution >= 4 is 37.2 Å². The monoisotopic (exact) mass is 371 g/mol. The van der Waals surface area contributed by atoms with Gasteiger partial charge in [-0.1, -0.05) is 30.3 Å². The average molecular weight is 371 g/mol. The first kappa shape index (κ1) is 16.4. The van der Waals surface area contributed by atoms with E-state index < -0.39 is 15.1 Å². The molecule has 0 bridgehead atoms. The normalized spacial score (nSPS) is 19.4. The maximum atomic E-state index is 13.4. The van der Waals surface area contributed by atoms with Gasteiger partial charge in [0.2, 0.25) is 0 Å². The highest BCUT2D eigenvalue weighted by molar-refractivity contribution is 7.91. The summed E-state index contributed by atoms with van der Waals surface area (Å²) in [7, 11) is -3.61. The second-order valence-corrected chi connectivity index (χ2v) is 9.47. The zero-order valence-electron chi connectivity index (χ0n) is 13.5. The molecule has 25 heavy (non-hydrogen) atoms. The molecule has 1 fully saturated rings. The van der Waals surface area contributed by atoms with Gasteiger partial charge in [-0.05, 0) is 36.6 Å². The van der Waals surface area contributed by atoms with E-state index in [1.807, 2.05) is 24.3 Å². The van der Waals surface area contributed by atoms with Crippen molar-refractivity contribution < 1.29 is 13.2 Å². The number of rotatable bonds is 4. The number of nitrogens with zero attached hydrogens (tertiary/aromatic N) is 1. The number of ketones is 1. The van der Waals surface area contributed by atoms with E-state index in [-0.39, 0.29) is 11.7 Å². The molecule has 0 spiro atoms. The number of benzene rings is 2. The topological polar surface area (TPSA) is 64.1 Å². The number of aromatic nitrogens is 1. The molecule has 1 aromatic heterocycles. The van der Waals surface area contributed by atoms with Gasteiger partial charge < -0.3 is 0 Å². The van der Waals surface area contributed by atoms with Crippen LogP contribution in [0.25, 0.3) is 10.2 Å². The van der Waals surface area contributed by atoms with Crippen LogP contribution in [0, 0.1) is 5.92 Å². The number of Topliss-reactive ketones (excluding diaryl/α,β-unsaturated/α-hetero) is 1. The number of thiazole rings is 1. The van der Waals surface area contributed by atoms with E-state index in [2.05, 4.69) is 4.98 Å². The summed E-state index contributed by atoms with van der Waals surface area (Å²) in [5.41, 5.74) is 0.806. The second-order valence-electron chi connectivity index (χ2n) is 6.34. The fourth-order valence-corrected chi connectivity index (χ4v) is 6.91. The summed E-state index contributed by atoms with van der Waals surface area (Å²) in [6.07, 6.45) is 1.37. The molecule has 1 heterocycles. The minimum atomic E-state index is -3.61. The summed E-state index contributed by atoms with van der Waals surface area (Å²) >= 11 is 1.41. The second kappa shape index (κ2) is 6.35. The van der Waals surface area contributed by atoms with Crippen molar-refractivity contribution in [2.75, 3.05) is 0 Å². The Morgan fingerprint density at radius 1 is 1.04 bits per heavy atom. The standard InChI is InChI=1S/C19H17NO3S2/c21-14-11-10-13(12-14)18(25(22,23)15-6-2-1-3-7-15)19-20-16-8-4-5-9-17(16)24-19/h1-9,13,18H,10-12H2. The van der Waals surface area contributed by atoms with Crippen LogP contribution >= 0.6 is 11.3 Å². The largest absolute Gasteiger partial charge is 0.300 e. The van der Waals surface area contributed by atoms with Crippen molar-refractivity contribution in [3.8, 4) is 0 Å². The summed E-state index contributed by atoms with van der Waals surface area (Å²) in [6.45, 7) is 0. The number of fused-ring (bicyclic) bond motifs is 1. The van der Waals surface area contributed by atoms with Crippen molar-refractivity contribution in [1.29, 1.82) is 0 Å². The van der Waals surface area contributed by atoms with Gasteiger partial charge in [-0.15, -0.1) is 11.3 Å². The van der Waals surface area contributed by atoms with Crippen LogP contribution in [-0.4, -0.2) is 19.2 Å². The Kier molecular flexibility index (Phi) is 4.17. The average Bonchev–Trinajstić information content (AvgIpc) is 3.22. The summed E-state index contributed by atoms with van der Waals surface area (Å²) in [5, 5.41) is -0.177. The molecule has 1 saturated carbocycles. The fraction of sp³-hybridized carbons (Fsp3) is 0.263. The highest BCUT2D eigenvalue weighted by Crippen LogP contribution is 2.44. The first-order chi connectivity index (χ1) is 12.1. The highest BCUT2D eigenvalue weighted by Gasteiger charge is 2.41. The van der Waals surface area contributed by atoms with E-state index in [0.717, 1.165) is 10.2 Å². The lowest BCUT2D eigenvalue weighted by Gasteiger charge is -2.21. The van der Waals surface area contributed by atoms with Gasteiger partial charge in [0.25, 0.3) is 0 Å². The molecule has 0 aliphatic heterocycles. The molecule has 2 aromatic carbocycles. The minimum absolute atomic E-state index is 0.138. The Bertz CT molecular complexity index is 992. The summed E-state index contributed by atoms with van der Waals surface area (Å²) in [4.78, 5) is 16.7. The number of para-hydroxylation sites is 1. The van der Waals surface area contributed by atoms with Crippen LogP contribution in [-0.2, 0) is 14.6 Å². The highest BCUT2D eigenvalue weighted by atomic mass is 32.2. The zero-order chi connectivity index (χ0) is 17.4. The van der Waals surface area contributed by atoms with E-state index in [4.69, 9.17) is 0 Å². The molecule has 0 saturated heterocycles. The molecular weight excluding hydrogens is 354 g/mol. The SMILES string of the molecule is O=C1CCC(C(c2nc3ccccc3s2)S(=O)(=O)c2ccccc2)C1. The summed E-state index contributed by atoms with van der Waals surface area (Å²) in [6, 6.07) is 16.1. The molecule has 4 rings (SSSR count). The zero-order valence-corrected chi connectivity index (χ0v) is 15.1. The third-order valence-corrected chi connectivity index (χ3v) is 8.15. The van der Waals surface area contributed by atoms with Gasteiger partial charge in [-0.25, -0.2) is 13.4 Å². The lowest BCUT2D eigenvalue weighted by molar-refractivity contribution is -0.117. The first-order valence-corrected chi connectivity index (χ1v) is 10.6. The molecule has 0 amide bonds. The van der Waals surface area contributed by atoms with Gasteiger partial charge in [0, 0.05) is 12.8 Å². The van der Waals surface area contributed by atoms with Gasteiger partial charge in [-0.3, -0.25) is 4.79 Å². The molecule has 6 heteroatoms. The minimum Gasteiger partial charge on any atom is -0.300 e. The van der Waals surface area contributed by atoms with Gasteiger partial charge in [0.1, 0.15) is 16.0 Å². The third-order valence-electron chi connectivity index (χ3n) is 4.67. The van der Waals surface area contributed by atoms with E-state index in [1.54, 1.807) is 30.3 Å². The Hall–Kier alpha value is -2.05. The molecular formula is C19H17NO3S2. The molecule has 128 valence electrons. The van der Waals surface area contributed by atoms with Gasteiger partial charge >= 0.3 is 0 Å². The van der Waals surface area contributed by atoms with Crippen LogP contribution in [0.4, 0.5) is 0 Å². The molecule has 0 N–H and O–H groups in total. The molecule has 1 aliphatic carbocycles. The maximum absolute atomic E-state index is 13.4. The Morgan fingerprint density at radius 2 is 1.76 bits per heavy atom. The van der Waals surface area contributed by atoms with Crippen molar-refractivity contribution in [2.45, 2.75) is 29.4 Å². The maximum Gasteiger partial charge on any atom is 0.188 e. The number of hydrogen-bond donors (Lipinski definition) is 0. The molecule has 3 aromatic rings. The molecule has 2 atom stereocenters. The predicted octanol–water partition coefficient (Wildman–Crippen LogP) is 4.18. The van der Waals surface area contributed by atoms with E-state index >= 15 is 0 Å². The van der Waals surface area contributed by atoms with Crippen LogP contribution < -0.4 is 0 Å². The van der Waals surface area contributed by atoms with Gasteiger partial charge in [-0.2, -0.15) is 0 Å². The quantitative estimate of drug-likeness (QED) is 0.690.